The fourth-order valence-corrected chi connectivity index (χ4v) is 2.17. The minimum Gasteiger partial charge on any atom is -0.392 e. The van der Waals surface area contributed by atoms with E-state index < -0.39 is 17.7 Å². The maximum atomic E-state index is 13.8. The standard InChI is InChI=1S/C13H18F2N2S/c1-3-4-7-17(2)12(13(16)18)10-6-5-9(14)8-11(10)15/h5-6,8,12H,3-4,7H2,1-2H3,(H2,16,18). The second-order valence-corrected chi connectivity index (χ2v) is 4.78. The van der Waals surface area contributed by atoms with Gasteiger partial charge in [0.25, 0.3) is 0 Å². The Morgan fingerprint density at radius 2 is 2.11 bits per heavy atom. The minimum absolute atomic E-state index is 0.194. The highest BCUT2D eigenvalue weighted by molar-refractivity contribution is 7.80. The predicted molar refractivity (Wildman–Crippen MR) is 73.4 cm³/mol. The van der Waals surface area contributed by atoms with Gasteiger partial charge in [0.15, 0.2) is 0 Å². The molecule has 2 nitrogen and oxygen atoms in total. The molecule has 0 saturated carbocycles. The molecule has 0 aromatic heterocycles. The molecule has 2 N–H and O–H groups in total. The summed E-state index contributed by atoms with van der Waals surface area (Å²) in [5, 5.41) is 0. The van der Waals surface area contributed by atoms with E-state index in [1.807, 2.05) is 11.9 Å². The molecule has 0 aliphatic carbocycles. The van der Waals surface area contributed by atoms with E-state index >= 15 is 0 Å². The van der Waals surface area contributed by atoms with Crippen molar-refractivity contribution >= 4 is 17.2 Å². The minimum atomic E-state index is -0.615. The highest BCUT2D eigenvalue weighted by Gasteiger charge is 2.23. The third-order valence-electron chi connectivity index (χ3n) is 2.83. The highest BCUT2D eigenvalue weighted by Crippen LogP contribution is 2.23. The molecule has 1 aromatic rings. The van der Waals surface area contributed by atoms with Crippen molar-refractivity contribution in [3.8, 4) is 0 Å². The van der Waals surface area contributed by atoms with Crippen LogP contribution in [0.1, 0.15) is 31.4 Å². The third-order valence-corrected chi connectivity index (χ3v) is 3.05. The van der Waals surface area contributed by atoms with Gasteiger partial charge in [0, 0.05) is 11.6 Å². The molecule has 1 aromatic carbocycles. The van der Waals surface area contributed by atoms with E-state index in [1.54, 1.807) is 0 Å². The second-order valence-electron chi connectivity index (χ2n) is 4.30. The number of nitrogens with zero attached hydrogens (tertiary/aromatic N) is 1. The van der Waals surface area contributed by atoms with Crippen molar-refractivity contribution < 1.29 is 8.78 Å². The van der Waals surface area contributed by atoms with Gasteiger partial charge in [0.05, 0.1) is 11.0 Å². The molecule has 0 heterocycles. The maximum absolute atomic E-state index is 13.8. The van der Waals surface area contributed by atoms with E-state index in [0.717, 1.165) is 25.5 Å². The Morgan fingerprint density at radius 1 is 1.44 bits per heavy atom. The summed E-state index contributed by atoms with van der Waals surface area (Å²) in [7, 11) is 1.84. The van der Waals surface area contributed by atoms with Gasteiger partial charge in [-0.2, -0.15) is 0 Å². The molecule has 18 heavy (non-hydrogen) atoms. The summed E-state index contributed by atoms with van der Waals surface area (Å²) in [6.45, 7) is 2.83. The summed E-state index contributed by atoms with van der Waals surface area (Å²) >= 11 is 4.99. The molecule has 0 aliphatic heterocycles. The molecular formula is C13H18F2N2S. The van der Waals surface area contributed by atoms with Gasteiger partial charge in [0.2, 0.25) is 0 Å². The first-order valence-electron chi connectivity index (χ1n) is 5.91. The normalized spacial score (nSPS) is 12.7. The molecule has 0 bridgehead atoms. The first kappa shape index (κ1) is 15.0. The lowest BCUT2D eigenvalue weighted by atomic mass is 10.0. The van der Waals surface area contributed by atoms with Crippen LogP contribution in [0.2, 0.25) is 0 Å². The van der Waals surface area contributed by atoms with Crippen LogP contribution < -0.4 is 5.73 Å². The number of hydrogen-bond donors (Lipinski definition) is 1. The van der Waals surface area contributed by atoms with Crippen molar-refractivity contribution in [2.75, 3.05) is 13.6 Å². The number of likely N-dealkylation sites (N-methyl/N-ethyl adjacent to an activating group) is 1. The van der Waals surface area contributed by atoms with Crippen molar-refractivity contribution in [3.05, 3.63) is 35.4 Å². The van der Waals surface area contributed by atoms with Crippen LogP contribution in [-0.4, -0.2) is 23.5 Å². The quantitative estimate of drug-likeness (QED) is 0.807. The summed E-state index contributed by atoms with van der Waals surface area (Å²) < 4.78 is 26.7. The summed E-state index contributed by atoms with van der Waals surface area (Å²) in [5.74, 6) is -1.22. The van der Waals surface area contributed by atoms with E-state index in [0.29, 0.717) is 5.56 Å². The van der Waals surface area contributed by atoms with Crippen LogP contribution in [0.15, 0.2) is 18.2 Å². The molecule has 0 spiro atoms. The van der Waals surface area contributed by atoms with Crippen LogP contribution in [0, 0.1) is 11.6 Å². The van der Waals surface area contributed by atoms with Gasteiger partial charge >= 0.3 is 0 Å². The molecule has 0 radical (unpaired) electrons. The zero-order chi connectivity index (χ0) is 13.7. The summed E-state index contributed by atoms with van der Waals surface area (Å²) in [4.78, 5) is 2.08. The third kappa shape index (κ3) is 3.71. The molecule has 0 aliphatic rings. The predicted octanol–water partition coefficient (Wildman–Crippen LogP) is 3.02. The molecule has 0 amide bonds. The Kier molecular flexibility index (Phi) is 5.62. The Bertz CT molecular complexity index is 423. The molecule has 100 valence electrons. The fourth-order valence-electron chi connectivity index (χ4n) is 1.87. The molecule has 1 rings (SSSR count). The number of rotatable bonds is 6. The van der Waals surface area contributed by atoms with E-state index in [2.05, 4.69) is 6.92 Å². The van der Waals surface area contributed by atoms with Crippen molar-refractivity contribution in [2.24, 2.45) is 5.73 Å². The van der Waals surface area contributed by atoms with Crippen LogP contribution in [0.25, 0.3) is 0 Å². The van der Waals surface area contributed by atoms with Crippen molar-refractivity contribution in [2.45, 2.75) is 25.8 Å². The van der Waals surface area contributed by atoms with Gasteiger partial charge in [-0.3, -0.25) is 4.90 Å². The molecule has 5 heteroatoms. The highest BCUT2D eigenvalue weighted by atomic mass is 32.1. The topological polar surface area (TPSA) is 29.3 Å². The molecule has 0 fully saturated rings. The van der Waals surface area contributed by atoms with Gasteiger partial charge in [-0.1, -0.05) is 31.6 Å². The monoisotopic (exact) mass is 272 g/mol. The zero-order valence-electron chi connectivity index (χ0n) is 10.6. The Morgan fingerprint density at radius 3 is 2.61 bits per heavy atom. The fraction of sp³-hybridized carbons (Fsp3) is 0.462. The largest absolute Gasteiger partial charge is 0.392 e. The second kappa shape index (κ2) is 6.75. The van der Waals surface area contributed by atoms with Crippen molar-refractivity contribution in [1.82, 2.24) is 4.90 Å². The molecule has 0 saturated heterocycles. The first-order valence-corrected chi connectivity index (χ1v) is 6.32. The van der Waals surface area contributed by atoms with Gasteiger partial charge in [-0.05, 0) is 26.1 Å². The first-order chi connectivity index (χ1) is 8.47. The van der Waals surface area contributed by atoms with E-state index in [1.165, 1.54) is 12.1 Å². The average molecular weight is 272 g/mol. The number of thiocarbonyl (C=S) groups is 1. The van der Waals surface area contributed by atoms with Crippen LogP contribution in [0.3, 0.4) is 0 Å². The zero-order valence-corrected chi connectivity index (χ0v) is 11.4. The van der Waals surface area contributed by atoms with Crippen molar-refractivity contribution in [3.63, 3.8) is 0 Å². The summed E-state index contributed by atoms with van der Waals surface area (Å²) in [6.07, 6.45) is 2.00. The maximum Gasteiger partial charge on any atom is 0.131 e. The molecule has 1 unspecified atom stereocenters. The van der Waals surface area contributed by atoms with Crippen LogP contribution in [-0.2, 0) is 0 Å². The lowest BCUT2D eigenvalue weighted by molar-refractivity contribution is 0.291. The number of benzene rings is 1. The lowest BCUT2D eigenvalue weighted by Crippen LogP contribution is -2.35. The SMILES string of the molecule is CCCCN(C)C(C(N)=S)c1ccc(F)cc1F. The van der Waals surface area contributed by atoms with Crippen molar-refractivity contribution in [1.29, 1.82) is 0 Å². The number of hydrogen-bond acceptors (Lipinski definition) is 2. The van der Waals surface area contributed by atoms with E-state index in [4.69, 9.17) is 18.0 Å². The van der Waals surface area contributed by atoms with E-state index in [-0.39, 0.29) is 4.99 Å². The summed E-state index contributed by atoms with van der Waals surface area (Å²) in [6, 6.07) is 2.98. The van der Waals surface area contributed by atoms with Crippen LogP contribution >= 0.6 is 12.2 Å². The summed E-state index contributed by atoms with van der Waals surface area (Å²) in [5.41, 5.74) is 6.00. The van der Waals surface area contributed by atoms with Gasteiger partial charge < -0.3 is 5.73 Å². The average Bonchev–Trinajstić information content (AvgIpc) is 2.29. The van der Waals surface area contributed by atoms with Crippen LogP contribution in [0.5, 0.6) is 0 Å². The van der Waals surface area contributed by atoms with Gasteiger partial charge in [0.1, 0.15) is 11.6 Å². The molecule has 1 atom stereocenters. The smallest absolute Gasteiger partial charge is 0.131 e. The Balaban J connectivity index is 3.00. The van der Waals surface area contributed by atoms with Crippen LogP contribution in [0.4, 0.5) is 8.78 Å². The number of nitrogens with two attached hydrogens (primary N) is 1. The number of halogens is 2. The Hall–Kier alpha value is -1.07. The number of unbranched alkanes of at least 4 members (excludes halogenated alkanes) is 1. The van der Waals surface area contributed by atoms with Gasteiger partial charge in [-0.15, -0.1) is 0 Å². The van der Waals surface area contributed by atoms with Gasteiger partial charge in [-0.25, -0.2) is 8.78 Å². The lowest BCUT2D eigenvalue weighted by Gasteiger charge is -2.27. The Labute approximate surface area is 112 Å². The van der Waals surface area contributed by atoms with E-state index in [9.17, 15) is 8.78 Å². The molecular weight excluding hydrogens is 254 g/mol.